The molecule has 2 aromatic rings. The molecule has 1 amide bonds. The largest absolute Gasteiger partial charge is 0.351 e. The lowest BCUT2D eigenvalue weighted by Crippen LogP contribution is -2.47. The second-order valence-corrected chi connectivity index (χ2v) is 7.50. The molecule has 1 fully saturated rings. The first-order valence-corrected chi connectivity index (χ1v) is 9.83. The van der Waals surface area contributed by atoms with Gasteiger partial charge in [-0.2, -0.15) is 0 Å². The fraction of sp³-hybridized carbons (Fsp3) is 0.611. The highest BCUT2D eigenvalue weighted by molar-refractivity contribution is 7.17. The first-order chi connectivity index (χ1) is 11.7. The Balaban J connectivity index is 1.38. The predicted molar refractivity (Wildman–Crippen MR) is 101 cm³/mol. The molecule has 0 atom stereocenters. The van der Waals surface area contributed by atoms with Crippen molar-refractivity contribution in [1.82, 2.24) is 19.7 Å². The molecule has 0 bridgehead atoms. The number of hydrogen-bond acceptors (Lipinski definition) is 4. The highest BCUT2D eigenvalue weighted by atomic mass is 32.1. The van der Waals surface area contributed by atoms with Crippen LogP contribution in [0.1, 0.15) is 30.3 Å². The van der Waals surface area contributed by atoms with Crippen LogP contribution in [0.25, 0.3) is 10.2 Å². The van der Waals surface area contributed by atoms with Crippen LogP contribution in [0.4, 0.5) is 0 Å². The van der Waals surface area contributed by atoms with Crippen LogP contribution in [0.15, 0.2) is 17.5 Å². The first kappa shape index (κ1) is 17.5. The third-order valence-electron chi connectivity index (χ3n) is 4.84. The fourth-order valence-corrected chi connectivity index (χ4v) is 4.26. The Kier molecular flexibility index (Phi) is 5.92. The van der Waals surface area contributed by atoms with E-state index in [0.717, 1.165) is 43.8 Å². The van der Waals surface area contributed by atoms with E-state index in [1.807, 2.05) is 17.7 Å². The number of nitrogens with zero attached hydrogens (tertiary/aromatic N) is 3. The van der Waals surface area contributed by atoms with Gasteiger partial charge in [0.25, 0.3) is 5.91 Å². The zero-order valence-electron chi connectivity index (χ0n) is 14.8. The van der Waals surface area contributed by atoms with Gasteiger partial charge in [-0.1, -0.05) is 6.92 Å². The average Bonchev–Trinajstić information content (AvgIpc) is 3.16. The summed E-state index contributed by atoms with van der Waals surface area (Å²) in [5.41, 5.74) is 1.89. The summed E-state index contributed by atoms with van der Waals surface area (Å²) in [6.07, 6.45) is 2.25. The van der Waals surface area contributed by atoms with Crippen molar-refractivity contribution >= 4 is 27.5 Å². The third-order valence-corrected chi connectivity index (χ3v) is 5.69. The van der Waals surface area contributed by atoms with Crippen LogP contribution in [0.2, 0.25) is 0 Å². The lowest BCUT2D eigenvalue weighted by atomic mass is 10.2. The Labute approximate surface area is 148 Å². The number of aromatic nitrogens is 1. The lowest BCUT2D eigenvalue weighted by molar-refractivity contribution is 0.0940. The number of fused-ring (bicyclic) bond motifs is 1. The van der Waals surface area contributed by atoms with Crippen molar-refractivity contribution in [3.05, 3.63) is 23.2 Å². The summed E-state index contributed by atoms with van der Waals surface area (Å²) in [5, 5.41) is 5.13. The molecule has 1 aliphatic rings. The van der Waals surface area contributed by atoms with Gasteiger partial charge in [-0.05, 0) is 43.4 Å². The minimum absolute atomic E-state index is 0.0358. The van der Waals surface area contributed by atoms with Gasteiger partial charge in [-0.3, -0.25) is 4.79 Å². The SMILES string of the molecule is CCCN1CCN(CCCNC(=O)c2cc3sccc3n2C)CC1. The number of thiophene rings is 1. The topological polar surface area (TPSA) is 40.5 Å². The molecular weight excluding hydrogens is 320 g/mol. The van der Waals surface area contributed by atoms with Crippen molar-refractivity contribution < 1.29 is 4.79 Å². The number of rotatable bonds is 7. The van der Waals surface area contributed by atoms with E-state index in [0.29, 0.717) is 0 Å². The van der Waals surface area contributed by atoms with E-state index in [4.69, 9.17) is 0 Å². The summed E-state index contributed by atoms with van der Waals surface area (Å²) in [7, 11) is 1.96. The molecule has 0 spiro atoms. The van der Waals surface area contributed by atoms with Crippen LogP contribution in [-0.2, 0) is 7.05 Å². The van der Waals surface area contributed by atoms with Crippen LogP contribution >= 0.6 is 11.3 Å². The number of carbonyl (C=O) groups is 1. The standard InChI is InChI=1S/C18H28N4OS/c1-3-7-21-9-11-22(12-10-21)8-4-6-19-18(23)16-14-17-15(20(16)2)5-13-24-17/h5,13-14H,3-4,6-12H2,1-2H3,(H,19,23). The summed E-state index contributed by atoms with van der Waals surface area (Å²) >= 11 is 1.68. The van der Waals surface area contributed by atoms with Crippen molar-refractivity contribution in [1.29, 1.82) is 0 Å². The molecule has 24 heavy (non-hydrogen) atoms. The molecule has 1 N–H and O–H groups in total. The van der Waals surface area contributed by atoms with Crippen molar-refractivity contribution in [2.75, 3.05) is 45.8 Å². The number of hydrogen-bond donors (Lipinski definition) is 1. The number of nitrogens with one attached hydrogen (secondary N) is 1. The fourth-order valence-electron chi connectivity index (χ4n) is 3.42. The molecule has 0 unspecified atom stereocenters. The van der Waals surface area contributed by atoms with E-state index in [1.54, 1.807) is 11.3 Å². The third kappa shape index (κ3) is 3.99. The Morgan fingerprint density at radius 3 is 2.58 bits per heavy atom. The summed E-state index contributed by atoms with van der Waals surface area (Å²) in [4.78, 5) is 17.4. The van der Waals surface area contributed by atoms with E-state index in [1.165, 1.54) is 30.8 Å². The molecule has 132 valence electrons. The monoisotopic (exact) mass is 348 g/mol. The van der Waals surface area contributed by atoms with Crippen LogP contribution in [0, 0.1) is 0 Å². The lowest BCUT2D eigenvalue weighted by Gasteiger charge is -2.34. The van der Waals surface area contributed by atoms with Gasteiger partial charge in [0.05, 0.1) is 10.2 Å². The van der Waals surface area contributed by atoms with E-state index < -0.39 is 0 Å². The number of aryl methyl sites for hydroxylation is 1. The van der Waals surface area contributed by atoms with Crippen molar-refractivity contribution in [3.63, 3.8) is 0 Å². The molecule has 3 heterocycles. The number of amides is 1. The summed E-state index contributed by atoms with van der Waals surface area (Å²) in [5.74, 6) is 0.0358. The van der Waals surface area contributed by atoms with Gasteiger partial charge in [0.2, 0.25) is 0 Å². The summed E-state index contributed by atoms with van der Waals surface area (Å²) < 4.78 is 3.15. The zero-order valence-corrected chi connectivity index (χ0v) is 15.6. The molecule has 6 heteroatoms. The van der Waals surface area contributed by atoms with E-state index in [-0.39, 0.29) is 5.91 Å². The molecule has 0 aromatic carbocycles. The molecule has 3 rings (SSSR count). The molecule has 0 saturated carbocycles. The van der Waals surface area contributed by atoms with Crippen LogP contribution in [0.3, 0.4) is 0 Å². The van der Waals surface area contributed by atoms with Crippen LogP contribution in [-0.4, -0.2) is 66.1 Å². The number of carbonyl (C=O) groups excluding carboxylic acids is 1. The highest BCUT2D eigenvalue weighted by Gasteiger charge is 2.16. The maximum atomic E-state index is 12.4. The van der Waals surface area contributed by atoms with Crippen molar-refractivity contribution in [3.8, 4) is 0 Å². The minimum atomic E-state index is 0.0358. The normalized spacial score (nSPS) is 16.8. The van der Waals surface area contributed by atoms with E-state index in [2.05, 4.69) is 33.5 Å². The summed E-state index contributed by atoms with van der Waals surface area (Å²) in [6, 6.07) is 4.05. The second kappa shape index (κ2) is 8.14. The summed E-state index contributed by atoms with van der Waals surface area (Å²) in [6.45, 7) is 9.95. The average molecular weight is 349 g/mol. The predicted octanol–water partition coefficient (Wildman–Crippen LogP) is 2.39. The van der Waals surface area contributed by atoms with Gasteiger partial charge in [0, 0.05) is 39.8 Å². The molecule has 0 radical (unpaired) electrons. The molecule has 1 saturated heterocycles. The minimum Gasteiger partial charge on any atom is -0.351 e. The van der Waals surface area contributed by atoms with Crippen molar-refractivity contribution in [2.45, 2.75) is 19.8 Å². The number of piperazine rings is 1. The van der Waals surface area contributed by atoms with Gasteiger partial charge >= 0.3 is 0 Å². The van der Waals surface area contributed by atoms with Gasteiger partial charge < -0.3 is 19.7 Å². The van der Waals surface area contributed by atoms with Gasteiger partial charge in [0.15, 0.2) is 0 Å². The molecule has 1 aliphatic heterocycles. The van der Waals surface area contributed by atoms with Crippen LogP contribution in [0.5, 0.6) is 0 Å². The zero-order chi connectivity index (χ0) is 16.9. The Bertz CT molecular complexity index is 670. The Morgan fingerprint density at radius 1 is 1.21 bits per heavy atom. The Hall–Kier alpha value is -1.37. The van der Waals surface area contributed by atoms with Gasteiger partial charge in [-0.25, -0.2) is 0 Å². The molecule has 5 nitrogen and oxygen atoms in total. The molecule has 2 aromatic heterocycles. The van der Waals surface area contributed by atoms with Crippen molar-refractivity contribution in [2.24, 2.45) is 7.05 Å². The maximum Gasteiger partial charge on any atom is 0.267 e. The Morgan fingerprint density at radius 2 is 1.92 bits per heavy atom. The smallest absolute Gasteiger partial charge is 0.267 e. The van der Waals surface area contributed by atoms with E-state index in [9.17, 15) is 4.79 Å². The highest BCUT2D eigenvalue weighted by Crippen LogP contribution is 2.23. The molecular formula is C18H28N4OS. The van der Waals surface area contributed by atoms with Crippen LogP contribution < -0.4 is 5.32 Å². The van der Waals surface area contributed by atoms with E-state index >= 15 is 0 Å². The quantitative estimate of drug-likeness (QED) is 0.781. The first-order valence-electron chi connectivity index (χ1n) is 8.95. The molecule has 0 aliphatic carbocycles. The van der Waals surface area contributed by atoms with Gasteiger partial charge in [0.1, 0.15) is 5.69 Å². The van der Waals surface area contributed by atoms with Gasteiger partial charge in [-0.15, -0.1) is 11.3 Å². The maximum absolute atomic E-state index is 12.4. The second-order valence-electron chi connectivity index (χ2n) is 6.55.